The van der Waals surface area contributed by atoms with Crippen LogP contribution < -0.4 is 5.32 Å². The van der Waals surface area contributed by atoms with E-state index >= 15 is 0 Å². The second-order valence-corrected chi connectivity index (χ2v) is 15.4. The summed E-state index contributed by atoms with van der Waals surface area (Å²) in [5.41, 5.74) is 2.46. The lowest BCUT2D eigenvalue weighted by molar-refractivity contribution is -0.124. The topological polar surface area (TPSA) is 117 Å². The SMILES string of the molecule is CC(C)CN(C[C@@H](C)[C@H](C)NC(=O)[C@H](C)CS(=O)(=O)N1CCCCC1)S(=O)(=O)c1ccc2ncsc2c1. The first-order valence-corrected chi connectivity index (χ1v) is 16.9. The van der Waals surface area contributed by atoms with Gasteiger partial charge in [0.05, 0.1) is 32.3 Å². The van der Waals surface area contributed by atoms with E-state index in [-0.39, 0.29) is 41.0 Å². The van der Waals surface area contributed by atoms with Crippen molar-refractivity contribution in [1.29, 1.82) is 0 Å². The molecule has 37 heavy (non-hydrogen) atoms. The van der Waals surface area contributed by atoms with Crippen molar-refractivity contribution in [3.05, 3.63) is 23.7 Å². The van der Waals surface area contributed by atoms with Crippen molar-refractivity contribution >= 4 is 47.5 Å². The number of aromatic nitrogens is 1. The van der Waals surface area contributed by atoms with Gasteiger partial charge in [-0.05, 0) is 49.8 Å². The monoisotopic (exact) mass is 572 g/mol. The van der Waals surface area contributed by atoms with Gasteiger partial charge in [-0.2, -0.15) is 4.31 Å². The highest BCUT2D eigenvalue weighted by molar-refractivity contribution is 7.89. The number of thiazole rings is 1. The number of nitrogens with zero attached hydrogens (tertiary/aromatic N) is 3. The molecule has 0 saturated carbocycles. The van der Waals surface area contributed by atoms with Crippen LogP contribution in [-0.4, -0.2) is 74.3 Å². The van der Waals surface area contributed by atoms with Gasteiger partial charge < -0.3 is 5.32 Å². The normalized spacial score (nSPS) is 18.2. The predicted molar refractivity (Wildman–Crippen MR) is 148 cm³/mol. The zero-order valence-corrected chi connectivity index (χ0v) is 24.8. The molecule has 2 aromatic rings. The van der Waals surface area contributed by atoms with Crippen molar-refractivity contribution < 1.29 is 21.6 Å². The largest absolute Gasteiger partial charge is 0.353 e. The summed E-state index contributed by atoms with van der Waals surface area (Å²) in [6.07, 6.45) is 2.73. The van der Waals surface area contributed by atoms with E-state index < -0.39 is 26.0 Å². The van der Waals surface area contributed by atoms with Crippen LogP contribution in [0.1, 0.15) is 53.9 Å². The summed E-state index contributed by atoms with van der Waals surface area (Å²) in [6.45, 7) is 10.9. The van der Waals surface area contributed by atoms with Crippen molar-refractivity contribution in [1.82, 2.24) is 18.9 Å². The van der Waals surface area contributed by atoms with E-state index in [4.69, 9.17) is 0 Å². The lowest BCUT2D eigenvalue weighted by Gasteiger charge is -2.31. The van der Waals surface area contributed by atoms with Crippen LogP contribution in [0, 0.1) is 17.8 Å². The molecule has 3 atom stereocenters. The Morgan fingerprint density at radius 3 is 2.38 bits per heavy atom. The van der Waals surface area contributed by atoms with Gasteiger partial charge in [-0.25, -0.2) is 26.1 Å². The van der Waals surface area contributed by atoms with Crippen molar-refractivity contribution in [3.63, 3.8) is 0 Å². The molecule has 1 amide bonds. The van der Waals surface area contributed by atoms with Crippen LogP contribution in [0.25, 0.3) is 10.2 Å². The first kappa shape index (κ1) is 29.9. The zero-order valence-electron chi connectivity index (χ0n) is 22.4. The molecular formula is C25H40N4O5S3. The maximum absolute atomic E-state index is 13.6. The number of fused-ring (bicyclic) bond motifs is 1. The molecular weight excluding hydrogens is 532 g/mol. The molecule has 0 spiro atoms. The number of sulfonamides is 2. The summed E-state index contributed by atoms with van der Waals surface area (Å²) in [7, 11) is -7.26. The lowest BCUT2D eigenvalue weighted by Crippen LogP contribution is -2.47. The molecule has 1 fully saturated rings. The third kappa shape index (κ3) is 7.72. The van der Waals surface area contributed by atoms with Gasteiger partial charge in [-0.3, -0.25) is 4.79 Å². The lowest BCUT2D eigenvalue weighted by atomic mass is 10.0. The van der Waals surface area contributed by atoms with Crippen LogP contribution in [0.5, 0.6) is 0 Å². The molecule has 1 saturated heterocycles. The van der Waals surface area contributed by atoms with E-state index in [1.807, 2.05) is 27.7 Å². The molecule has 0 unspecified atom stereocenters. The summed E-state index contributed by atoms with van der Waals surface area (Å²) in [4.78, 5) is 17.3. The highest BCUT2D eigenvalue weighted by Gasteiger charge is 2.32. The van der Waals surface area contributed by atoms with Gasteiger partial charge in [-0.1, -0.05) is 34.1 Å². The molecule has 3 rings (SSSR count). The average molecular weight is 573 g/mol. The summed E-state index contributed by atoms with van der Waals surface area (Å²) in [5, 5.41) is 2.93. The number of amides is 1. The second-order valence-electron chi connectivity index (χ2n) is 10.6. The van der Waals surface area contributed by atoms with Crippen molar-refractivity contribution in [2.75, 3.05) is 31.9 Å². The number of benzene rings is 1. The smallest absolute Gasteiger partial charge is 0.243 e. The summed E-state index contributed by atoms with van der Waals surface area (Å²) >= 11 is 1.40. The molecule has 1 aliphatic heterocycles. The fourth-order valence-electron chi connectivity index (χ4n) is 4.45. The van der Waals surface area contributed by atoms with Gasteiger partial charge in [0, 0.05) is 32.2 Å². The molecule has 2 heterocycles. The Morgan fingerprint density at radius 1 is 1.05 bits per heavy atom. The van der Waals surface area contributed by atoms with Gasteiger partial charge >= 0.3 is 0 Å². The Labute approximate surface area is 225 Å². The quantitative estimate of drug-likeness (QED) is 0.416. The van der Waals surface area contributed by atoms with Gasteiger partial charge in [0.25, 0.3) is 0 Å². The van der Waals surface area contributed by atoms with Crippen LogP contribution in [-0.2, 0) is 24.8 Å². The van der Waals surface area contributed by atoms with Crippen LogP contribution >= 0.6 is 11.3 Å². The molecule has 1 aliphatic rings. The second kappa shape index (κ2) is 12.5. The maximum Gasteiger partial charge on any atom is 0.243 e. The standard InChI is InChI=1S/C25H40N4O5S3/c1-18(2)14-29(37(33,34)22-9-10-23-24(13-22)35-17-26-23)15-19(3)21(5)27-25(30)20(4)16-36(31,32)28-11-7-6-8-12-28/h9-10,13,17-21H,6-8,11-12,14-16H2,1-5H3,(H,27,30)/t19-,20-,21+/m1/s1. The maximum atomic E-state index is 13.6. The van der Waals surface area contributed by atoms with E-state index in [9.17, 15) is 21.6 Å². The Morgan fingerprint density at radius 2 is 1.73 bits per heavy atom. The molecule has 1 aromatic heterocycles. The van der Waals surface area contributed by atoms with Crippen LogP contribution in [0.3, 0.4) is 0 Å². The highest BCUT2D eigenvalue weighted by Crippen LogP contribution is 2.25. The van der Waals surface area contributed by atoms with E-state index in [2.05, 4.69) is 10.3 Å². The number of carbonyl (C=O) groups is 1. The molecule has 0 radical (unpaired) electrons. The number of carbonyl (C=O) groups excluding carboxylic acids is 1. The first-order chi connectivity index (χ1) is 17.3. The van der Waals surface area contributed by atoms with Crippen LogP contribution in [0.4, 0.5) is 0 Å². The molecule has 0 aliphatic carbocycles. The van der Waals surface area contributed by atoms with Crippen molar-refractivity contribution in [2.45, 2.75) is 64.8 Å². The predicted octanol–water partition coefficient (Wildman–Crippen LogP) is 3.54. The third-order valence-electron chi connectivity index (χ3n) is 6.84. The van der Waals surface area contributed by atoms with E-state index in [1.165, 1.54) is 19.9 Å². The number of hydrogen-bond donors (Lipinski definition) is 1. The number of hydrogen-bond acceptors (Lipinski definition) is 7. The first-order valence-electron chi connectivity index (χ1n) is 12.9. The molecule has 0 bridgehead atoms. The van der Waals surface area contributed by atoms with Crippen LogP contribution in [0.15, 0.2) is 28.6 Å². The zero-order chi connectivity index (χ0) is 27.4. The molecule has 12 heteroatoms. The molecule has 208 valence electrons. The Balaban J connectivity index is 1.66. The summed E-state index contributed by atoms with van der Waals surface area (Å²) in [6, 6.07) is 4.63. The number of piperidine rings is 1. The van der Waals surface area contributed by atoms with Gasteiger partial charge in [0.1, 0.15) is 0 Å². The number of nitrogens with one attached hydrogen (secondary N) is 1. The summed E-state index contributed by atoms with van der Waals surface area (Å²) in [5.74, 6) is -1.36. The Hall–Kier alpha value is -1.60. The molecule has 1 aromatic carbocycles. The van der Waals surface area contributed by atoms with E-state index in [0.29, 0.717) is 19.6 Å². The number of rotatable bonds is 12. The van der Waals surface area contributed by atoms with Crippen molar-refractivity contribution in [2.24, 2.45) is 17.8 Å². The van der Waals surface area contributed by atoms with Gasteiger partial charge in [0.2, 0.25) is 26.0 Å². The van der Waals surface area contributed by atoms with E-state index in [1.54, 1.807) is 30.6 Å². The Kier molecular flexibility index (Phi) is 10.1. The van der Waals surface area contributed by atoms with Gasteiger partial charge in [-0.15, -0.1) is 11.3 Å². The fraction of sp³-hybridized carbons (Fsp3) is 0.680. The highest BCUT2D eigenvalue weighted by atomic mass is 32.2. The fourth-order valence-corrected chi connectivity index (χ4v) is 8.78. The average Bonchev–Trinajstić information content (AvgIpc) is 3.31. The Bertz CT molecular complexity index is 1270. The van der Waals surface area contributed by atoms with Crippen LogP contribution in [0.2, 0.25) is 0 Å². The summed E-state index contributed by atoms with van der Waals surface area (Å²) < 4.78 is 56.4. The van der Waals surface area contributed by atoms with Gasteiger partial charge in [0.15, 0.2) is 0 Å². The minimum absolute atomic E-state index is 0.110. The molecule has 9 nitrogen and oxygen atoms in total. The minimum Gasteiger partial charge on any atom is -0.353 e. The molecule has 1 N–H and O–H groups in total. The minimum atomic E-state index is -3.76. The van der Waals surface area contributed by atoms with Crippen molar-refractivity contribution in [3.8, 4) is 0 Å². The third-order valence-corrected chi connectivity index (χ3v) is 11.5. The van der Waals surface area contributed by atoms with E-state index in [0.717, 1.165) is 29.5 Å².